The van der Waals surface area contributed by atoms with Crippen molar-refractivity contribution in [2.24, 2.45) is 0 Å². The molecule has 1 fully saturated rings. The summed E-state index contributed by atoms with van der Waals surface area (Å²) in [5.74, 6) is 0.688. The van der Waals surface area contributed by atoms with E-state index in [1.54, 1.807) is 12.4 Å². The Balaban J connectivity index is 1.66. The quantitative estimate of drug-likeness (QED) is 0.816. The van der Waals surface area contributed by atoms with E-state index in [1.165, 1.54) is 0 Å². The van der Waals surface area contributed by atoms with Crippen LogP contribution in [0.15, 0.2) is 30.7 Å². The van der Waals surface area contributed by atoms with Gasteiger partial charge in [0.25, 0.3) is 0 Å². The third-order valence-electron chi connectivity index (χ3n) is 4.37. The first-order valence-corrected chi connectivity index (χ1v) is 8.95. The van der Waals surface area contributed by atoms with Crippen LogP contribution < -0.4 is 10.2 Å². The predicted octanol–water partition coefficient (Wildman–Crippen LogP) is 1.83. The van der Waals surface area contributed by atoms with Crippen molar-refractivity contribution in [1.29, 1.82) is 0 Å². The summed E-state index contributed by atoms with van der Waals surface area (Å²) in [6.07, 6.45) is 8.49. The van der Waals surface area contributed by atoms with Gasteiger partial charge >= 0.3 is 0 Å². The highest BCUT2D eigenvalue weighted by Gasteiger charge is 2.19. The molecule has 1 saturated heterocycles. The highest BCUT2D eigenvalue weighted by molar-refractivity contribution is 5.76. The van der Waals surface area contributed by atoms with E-state index in [9.17, 15) is 4.79 Å². The maximum absolute atomic E-state index is 12.1. The summed E-state index contributed by atoms with van der Waals surface area (Å²) < 4.78 is 5.51. The van der Waals surface area contributed by atoms with E-state index in [0.29, 0.717) is 25.3 Å². The Labute approximate surface area is 153 Å². The zero-order chi connectivity index (χ0) is 18.4. The van der Waals surface area contributed by atoms with Gasteiger partial charge in [-0.25, -0.2) is 9.97 Å². The summed E-state index contributed by atoms with van der Waals surface area (Å²) in [5.41, 5.74) is 2.89. The summed E-state index contributed by atoms with van der Waals surface area (Å²) in [4.78, 5) is 27.1. The normalized spacial score (nSPS) is 16.5. The van der Waals surface area contributed by atoms with Crippen molar-refractivity contribution in [3.63, 3.8) is 0 Å². The van der Waals surface area contributed by atoms with Gasteiger partial charge in [-0.15, -0.1) is 0 Å². The Morgan fingerprint density at radius 2 is 2.15 bits per heavy atom. The molecule has 3 rings (SSSR count). The van der Waals surface area contributed by atoms with Crippen LogP contribution in [-0.4, -0.2) is 54.2 Å². The lowest BCUT2D eigenvalue weighted by atomic mass is 10.1. The molecular formula is C19H25N5O2. The van der Waals surface area contributed by atoms with Gasteiger partial charge in [0.15, 0.2) is 0 Å². The van der Waals surface area contributed by atoms with Gasteiger partial charge in [-0.1, -0.05) is 0 Å². The molecule has 0 aromatic carbocycles. The number of amides is 1. The lowest BCUT2D eigenvalue weighted by Crippen LogP contribution is -2.29. The van der Waals surface area contributed by atoms with Crippen LogP contribution in [-0.2, 0) is 16.0 Å². The van der Waals surface area contributed by atoms with E-state index >= 15 is 0 Å². The fourth-order valence-corrected chi connectivity index (χ4v) is 2.99. The Hall–Kier alpha value is -2.54. The van der Waals surface area contributed by atoms with Crippen LogP contribution in [0.4, 0.5) is 5.95 Å². The molecule has 1 atom stereocenters. The first-order chi connectivity index (χ1) is 12.6. The molecule has 2 aromatic heterocycles. The van der Waals surface area contributed by atoms with Crippen LogP contribution >= 0.6 is 0 Å². The zero-order valence-electron chi connectivity index (χ0n) is 15.3. The Morgan fingerprint density at radius 3 is 2.85 bits per heavy atom. The maximum atomic E-state index is 12.1. The molecule has 7 heteroatoms. The predicted molar refractivity (Wildman–Crippen MR) is 99.9 cm³/mol. The zero-order valence-corrected chi connectivity index (χ0v) is 15.3. The van der Waals surface area contributed by atoms with Gasteiger partial charge < -0.3 is 15.0 Å². The molecule has 1 N–H and O–H groups in total. The van der Waals surface area contributed by atoms with Gasteiger partial charge in [-0.2, -0.15) is 0 Å². The van der Waals surface area contributed by atoms with Crippen LogP contribution in [0.5, 0.6) is 0 Å². The highest BCUT2D eigenvalue weighted by atomic mass is 16.5. The number of hydrogen-bond donors (Lipinski definition) is 1. The minimum absolute atomic E-state index is 0.0317. The molecule has 0 bridgehead atoms. The van der Waals surface area contributed by atoms with Crippen molar-refractivity contribution in [3.05, 3.63) is 36.4 Å². The van der Waals surface area contributed by atoms with E-state index in [2.05, 4.69) is 20.3 Å². The molecule has 0 spiro atoms. The number of ether oxygens (including phenoxy) is 1. The summed E-state index contributed by atoms with van der Waals surface area (Å²) in [6.45, 7) is 1.30. The minimum Gasteiger partial charge on any atom is -0.378 e. The molecular weight excluding hydrogens is 330 g/mol. The van der Waals surface area contributed by atoms with Gasteiger partial charge in [-0.05, 0) is 30.5 Å². The monoisotopic (exact) mass is 355 g/mol. The van der Waals surface area contributed by atoms with E-state index in [0.717, 1.165) is 36.3 Å². The average molecular weight is 355 g/mol. The SMILES string of the molecule is CN(C)c1ncc(-c2ccncc2)c(CCNC(=O)C[C@@H]2CCCO2)n1. The third kappa shape index (κ3) is 4.76. The van der Waals surface area contributed by atoms with Crippen LogP contribution in [0.3, 0.4) is 0 Å². The molecule has 1 amide bonds. The topological polar surface area (TPSA) is 80.2 Å². The second kappa shape index (κ2) is 8.71. The Bertz CT molecular complexity index is 730. The maximum Gasteiger partial charge on any atom is 0.225 e. The first kappa shape index (κ1) is 18.3. The van der Waals surface area contributed by atoms with Crippen LogP contribution in [0.1, 0.15) is 25.0 Å². The van der Waals surface area contributed by atoms with Crippen molar-refractivity contribution in [2.45, 2.75) is 31.8 Å². The number of hydrogen-bond acceptors (Lipinski definition) is 6. The molecule has 0 aliphatic carbocycles. The second-order valence-corrected chi connectivity index (χ2v) is 6.60. The van der Waals surface area contributed by atoms with Gasteiger partial charge in [0.2, 0.25) is 11.9 Å². The molecule has 7 nitrogen and oxygen atoms in total. The number of nitrogens with zero attached hydrogens (tertiary/aromatic N) is 4. The number of nitrogens with one attached hydrogen (secondary N) is 1. The van der Waals surface area contributed by atoms with Crippen molar-refractivity contribution in [3.8, 4) is 11.1 Å². The molecule has 0 radical (unpaired) electrons. The first-order valence-electron chi connectivity index (χ1n) is 8.95. The molecule has 1 aliphatic rings. The van der Waals surface area contributed by atoms with Crippen molar-refractivity contribution in [1.82, 2.24) is 20.3 Å². The highest BCUT2D eigenvalue weighted by Crippen LogP contribution is 2.23. The summed E-state index contributed by atoms with van der Waals surface area (Å²) in [6, 6.07) is 3.88. The number of aromatic nitrogens is 3. The summed E-state index contributed by atoms with van der Waals surface area (Å²) in [5, 5.41) is 2.98. The Morgan fingerprint density at radius 1 is 1.35 bits per heavy atom. The van der Waals surface area contributed by atoms with Crippen LogP contribution in [0, 0.1) is 0 Å². The minimum atomic E-state index is 0.0317. The van der Waals surface area contributed by atoms with Gasteiger partial charge in [0.1, 0.15) is 0 Å². The molecule has 26 heavy (non-hydrogen) atoms. The van der Waals surface area contributed by atoms with Gasteiger partial charge in [-0.3, -0.25) is 9.78 Å². The lowest BCUT2D eigenvalue weighted by molar-refractivity contribution is -0.123. The van der Waals surface area contributed by atoms with Gasteiger partial charge in [0.05, 0.1) is 18.2 Å². The second-order valence-electron chi connectivity index (χ2n) is 6.60. The van der Waals surface area contributed by atoms with E-state index < -0.39 is 0 Å². The largest absolute Gasteiger partial charge is 0.378 e. The number of carbonyl (C=O) groups excluding carboxylic acids is 1. The van der Waals surface area contributed by atoms with Crippen molar-refractivity contribution < 1.29 is 9.53 Å². The smallest absolute Gasteiger partial charge is 0.225 e. The van der Waals surface area contributed by atoms with E-state index in [-0.39, 0.29) is 12.0 Å². The lowest BCUT2D eigenvalue weighted by Gasteiger charge is -2.15. The summed E-state index contributed by atoms with van der Waals surface area (Å²) >= 11 is 0. The standard InChI is InChI=1S/C19H25N5O2/c1-24(2)19-22-13-16(14-5-8-20-9-6-14)17(23-19)7-10-21-18(25)12-15-4-3-11-26-15/h5-6,8-9,13,15H,3-4,7,10-12H2,1-2H3,(H,21,25)/t15-/m0/s1. The van der Waals surface area contributed by atoms with Crippen molar-refractivity contribution >= 4 is 11.9 Å². The van der Waals surface area contributed by atoms with E-state index in [1.807, 2.05) is 37.3 Å². The number of carbonyl (C=O) groups is 1. The van der Waals surface area contributed by atoms with E-state index in [4.69, 9.17) is 4.74 Å². The fraction of sp³-hybridized carbons (Fsp3) is 0.474. The van der Waals surface area contributed by atoms with Crippen LogP contribution in [0.2, 0.25) is 0 Å². The number of rotatable bonds is 7. The number of pyridine rings is 1. The molecule has 0 unspecified atom stereocenters. The molecule has 3 heterocycles. The van der Waals surface area contributed by atoms with Gasteiger partial charge in [0, 0.05) is 57.8 Å². The molecule has 0 saturated carbocycles. The van der Waals surface area contributed by atoms with Crippen molar-refractivity contribution in [2.75, 3.05) is 32.1 Å². The summed E-state index contributed by atoms with van der Waals surface area (Å²) in [7, 11) is 3.82. The Kier molecular flexibility index (Phi) is 6.12. The molecule has 138 valence electrons. The number of anilines is 1. The third-order valence-corrected chi connectivity index (χ3v) is 4.37. The fourth-order valence-electron chi connectivity index (χ4n) is 2.99. The molecule has 1 aliphatic heterocycles. The average Bonchev–Trinajstić information content (AvgIpc) is 3.15. The molecule has 2 aromatic rings. The van der Waals surface area contributed by atoms with Crippen LogP contribution in [0.25, 0.3) is 11.1 Å².